The first-order valence-corrected chi connectivity index (χ1v) is 6.02. The standard InChI is InChI=1S/C14H18N2O2/c1-11-8-12(2)16(15-11)9-13(17)10-18-14-6-4-3-5-7-14/h3-8,13,17H,9-10H2,1-2H3/t13-/m0/s1. The molecular weight excluding hydrogens is 228 g/mol. The number of hydrogen-bond acceptors (Lipinski definition) is 3. The first-order valence-electron chi connectivity index (χ1n) is 6.02. The number of ether oxygens (including phenoxy) is 1. The quantitative estimate of drug-likeness (QED) is 0.877. The monoisotopic (exact) mass is 246 g/mol. The number of hydrogen-bond donors (Lipinski definition) is 1. The number of rotatable bonds is 5. The lowest BCUT2D eigenvalue weighted by atomic mass is 10.3. The van der Waals surface area contributed by atoms with E-state index in [4.69, 9.17) is 4.74 Å². The maximum Gasteiger partial charge on any atom is 0.119 e. The van der Waals surface area contributed by atoms with Crippen molar-refractivity contribution < 1.29 is 9.84 Å². The van der Waals surface area contributed by atoms with E-state index >= 15 is 0 Å². The van der Waals surface area contributed by atoms with Crippen molar-refractivity contribution in [1.82, 2.24) is 9.78 Å². The third kappa shape index (κ3) is 3.34. The van der Waals surface area contributed by atoms with Gasteiger partial charge in [0.05, 0.1) is 12.2 Å². The molecule has 0 aliphatic carbocycles. The predicted octanol–water partition coefficient (Wildman–Crippen LogP) is 1.94. The van der Waals surface area contributed by atoms with Crippen molar-refractivity contribution in [1.29, 1.82) is 0 Å². The van der Waals surface area contributed by atoms with E-state index in [-0.39, 0.29) is 6.61 Å². The average molecular weight is 246 g/mol. The Labute approximate surface area is 107 Å². The molecule has 0 spiro atoms. The molecule has 0 aliphatic rings. The molecule has 2 aromatic rings. The van der Waals surface area contributed by atoms with Crippen LogP contribution in [0.2, 0.25) is 0 Å². The minimum atomic E-state index is -0.566. The lowest BCUT2D eigenvalue weighted by Gasteiger charge is -2.13. The Kier molecular flexibility index (Phi) is 3.99. The van der Waals surface area contributed by atoms with Crippen molar-refractivity contribution in [3.63, 3.8) is 0 Å². The van der Waals surface area contributed by atoms with Gasteiger partial charge >= 0.3 is 0 Å². The van der Waals surface area contributed by atoms with Crippen LogP contribution in [0.15, 0.2) is 36.4 Å². The molecule has 0 fully saturated rings. The van der Waals surface area contributed by atoms with E-state index < -0.39 is 6.10 Å². The minimum absolute atomic E-state index is 0.266. The molecule has 0 unspecified atom stereocenters. The summed E-state index contributed by atoms with van der Waals surface area (Å²) in [6, 6.07) is 11.5. The van der Waals surface area contributed by atoms with Crippen LogP contribution >= 0.6 is 0 Å². The number of aliphatic hydroxyl groups excluding tert-OH is 1. The number of aliphatic hydroxyl groups is 1. The van der Waals surface area contributed by atoms with E-state index in [1.54, 1.807) is 4.68 Å². The first-order chi connectivity index (χ1) is 8.65. The van der Waals surface area contributed by atoms with E-state index in [1.165, 1.54) is 0 Å². The molecule has 0 amide bonds. The van der Waals surface area contributed by atoms with Crippen molar-refractivity contribution in [2.45, 2.75) is 26.5 Å². The van der Waals surface area contributed by atoms with Crippen LogP contribution in [0.3, 0.4) is 0 Å². The number of nitrogens with zero attached hydrogens (tertiary/aromatic N) is 2. The van der Waals surface area contributed by atoms with Gasteiger partial charge < -0.3 is 9.84 Å². The molecule has 4 heteroatoms. The Bertz CT molecular complexity index is 494. The summed E-state index contributed by atoms with van der Waals surface area (Å²) in [5.41, 5.74) is 2.01. The largest absolute Gasteiger partial charge is 0.491 e. The summed E-state index contributed by atoms with van der Waals surface area (Å²) in [6.45, 7) is 4.63. The molecule has 1 N–H and O–H groups in total. The van der Waals surface area contributed by atoms with Crippen LogP contribution in [0.4, 0.5) is 0 Å². The molecule has 0 bridgehead atoms. The number of benzene rings is 1. The number of para-hydroxylation sites is 1. The zero-order chi connectivity index (χ0) is 13.0. The van der Waals surface area contributed by atoms with Gasteiger partial charge in [-0.05, 0) is 32.0 Å². The van der Waals surface area contributed by atoms with E-state index in [0.717, 1.165) is 17.1 Å². The first kappa shape index (κ1) is 12.6. The van der Waals surface area contributed by atoms with Crippen LogP contribution in [0, 0.1) is 13.8 Å². The van der Waals surface area contributed by atoms with Crippen LogP contribution in [0.1, 0.15) is 11.4 Å². The fourth-order valence-corrected chi connectivity index (χ4v) is 1.82. The lowest BCUT2D eigenvalue weighted by Crippen LogP contribution is -2.24. The Morgan fingerprint density at radius 2 is 2.00 bits per heavy atom. The van der Waals surface area contributed by atoms with E-state index in [1.807, 2.05) is 50.2 Å². The SMILES string of the molecule is Cc1cc(C)n(C[C@H](O)COc2ccccc2)n1. The van der Waals surface area contributed by atoms with Gasteiger partial charge in [-0.15, -0.1) is 0 Å². The van der Waals surface area contributed by atoms with Gasteiger partial charge in [-0.1, -0.05) is 18.2 Å². The third-order valence-electron chi connectivity index (χ3n) is 2.67. The Morgan fingerprint density at radius 1 is 1.28 bits per heavy atom. The maximum absolute atomic E-state index is 9.91. The molecular formula is C14H18N2O2. The highest BCUT2D eigenvalue weighted by Gasteiger charge is 2.09. The lowest BCUT2D eigenvalue weighted by molar-refractivity contribution is 0.0887. The summed E-state index contributed by atoms with van der Waals surface area (Å²) in [4.78, 5) is 0. The zero-order valence-corrected chi connectivity index (χ0v) is 10.7. The Morgan fingerprint density at radius 3 is 2.61 bits per heavy atom. The summed E-state index contributed by atoms with van der Waals surface area (Å²) in [5.74, 6) is 0.768. The summed E-state index contributed by atoms with van der Waals surface area (Å²) in [7, 11) is 0. The molecule has 0 aliphatic heterocycles. The predicted molar refractivity (Wildman–Crippen MR) is 69.6 cm³/mol. The summed E-state index contributed by atoms with van der Waals surface area (Å²) in [5, 5.41) is 14.2. The summed E-state index contributed by atoms with van der Waals surface area (Å²) >= 11 is 0. The molecule has 0 saturated heterocycles. The van der Waals surface area contributed by atoms with Gasteiger partial charge in [0.15, 0.2) is 0 Å². The van der Waals surface area contributed by atoms with Gasteiger partial charge in [-0.25, -0.2) is 0 Å². The van der Waals surface area contributed by atoms with Crippen LogP contribution in [-0.2, 0) is 6.54 Å². The van der Waals surface area contributed by atoms with Gasteiger partial charge in [0, 0.05) is 5.69 Å². The molecule has 1 atom stereocenters. The molecule has 18 heavy (non-hydrogen) atoms. The van der Waals surface area contributed by atoms with Crippen molar-refractivity contribution in [2.24, 2.45) is 0 Å². The van der Waals surface area contributed by atoms with Crippen molar-refractivity contribution in [2.75, 3.05) is 6.61 Å². The number of aryl methyl sites for hydroxylation is 2. The average Bonchev–Trinajstić information content (AvgIpc) is 2.67. The highest BCUT2D eigenvalue weighted by Crippen LogP contribution is 2.09. The summed E-state index contributed by atoms with van der Waals surface area (Å²) < 4.78 is 7.30. The van der Waals surface area contributed by atoms with Gasteiger partial charge in [0.2, 0.25) is 0 Å². The molecule has 1 aromatic heterocycles. The fraction of sp³-hybridized carbons (Fsp3) is 0.357. The zero-order valence-electron chi connectivity index (χ0n) is 10.7. The number of aromatic nitrogens is 2. The van der Waals surface area contributed by atoms with Crippen molar-refractivity contribution in [3.05, 3.63) is 47.8 Å². The van der Waals surface area contributed by atoms with Gasteiger partial charge in [0.25, 0.3) is 0 Å². The second kappa shape index (κ2) is 5.69. The topological polar surface area (TPSA) is 47.3 Å². The smallest absolute Gasteiger partial charge is 0.119 e. The van der Waals surface area contributed by atoms with Gasteiger partial charge in [-0.2, -0.15) is 5.10 Å². The Balaban J connectivity index is 1.86. The van der Waals surface area contributed by atoms with E-state index in [9.17, 15) is 5.11 Å². The van der Waals surface area contributed by atoms with Crippen LogP contribution in [0.25, 0.3) is 0 Å². The third-order valence-corrected chi connectivity index (χ3v) is 2.67. The molecule has 2 rings (SSSR count). The molecule has 1 aromatic carbocycles. The highest BCUT2D eigenvalue weighted by molar-refractivity contribution is 5.20. The van der Waals surface area contributed by atoms with Gasteiger partial charge in [-0.3, -0.25) is 4.68 Å². The highest BCUT2D eigenvalue weighted by atomic mass is 16.5. The summed E-state index contributed by atoms with van der Waals surface area (Å²) in [6.07, 6.45) is -0.566. The molecule has 4 nitrogen and oxygen atoms in total. The minimum Gasteiger partial charge on any atom is -0.491 e. The molecule has 96 valence electrons. The van der Waals surface area contributed by atoms with Crippen molar-refractivity contribution >= 4 is 0 Å². The maximum atomic E-state index is 9.91. The Hall–Kier alpha value is -1.81. The van der Waals surface area contributed by atoms with Crippen LogP contribution in [-0.4, -0.2) is 27.6 Å². The van der Waals surface area contributed by atoms with E-state index in [2.05, 4.69) is 5.10 Å². The second-order valence-electron chi connectivity index (χ2n) is 4.39. The molecule has 0 radical (unpaired) electrons. The van der Waals surface area contributed by atoms with Gasteiger partial charge in [0.1, 0.15) is 18.5 Å². The van der Waals surface area contributed by atoms with E-state index in [0.29, 0.717) is 6.54 Å². The molecule has 1 heterocycles. The second-order valence-corrected chi connectivity index (χ2v) is 4.39. The molecule has 0 saturated carbocycles. The van der Waals surface area contributed by atoms with Crippen LogP contribution < -0.4 is 4.74 Å². The fourth-order valence-electron chi connectivity index (χ4n) is 1.82. The normalized spacial score (nSPS) is 12.4. The van der Waals surface area contributed by atoms with Crippen LogP contribution in [0.5, 0.6) is 5.75 Å². The van der Waals surface area contributed by atoms with Crippen molar-refractivity contribution in [3.8, 4) is 5.75 Å².